The van der Waals surface area contributed by atoms with Crippen molar-refractivity contribution in [3.63, 3.8) is 0 Å². The Morgan fingerprint density at radius 1 is 1.39 bits per heavy atom. The van der Waals surface area contributed by atoms with Crippen molar-refractivity contribution < 1.29 is 9.53 Å². The van der Waals surface area contributed by atoms with E-state index in [2.05, 4.69) is 17.1 Å². The smallest absolute Gasteiger partial charge is 0.255 e. The molecule has 1 aromatic carbocycles. The molecule has 3 N–H and O–H groups in total. The maximum Gasteiger partial charge on any atom is 0.255 e. The number of methoxy groups -OCH3 is 1. The van der Waals surface area contributed by atoms with Crippen LogP contribution in [0.15, 0.2) is 12.1 Å². The van der Waals surface area contributed by atoms with Crippen LogP contribution in [0.3, 0.4) is 0 Å². The fourth-order valence-electron chi connectivity index (χ4n) is 4.18. The Kier molecular flexibility index (Phi) is 4.43. The summed E-state index contributed by atoms with van der Waals surface area (Å²) in [6, 6.07) is 3.26. The number of nitrogens with one attached hydrogen (secondary N) is 1. The Labute approximate surface area is 142 Å². The molecule has 1 atom stereocenters. The zero-order valence-corrected chi connectivity index (χ0v) is 14.4. The maximum absolute atomic E-state index is 12.7. The zero-order valence-electron chi connectivity index (χ0n) is 13.7. The van der Waals surface area contributed by atoms with Crippen LogP contribution in [0.25, 0.3) is 0 Å². The molecule has 0 aliphatic carbocycles. The van der Waals surface area contributed by atoms with Crippen molar-refractivity contribution in [1.82, 2.24) is 10.2 Å². The van der Waals surface area contributed by atoms with E-state index in [1.54, 1.807) is 12.1 Å². The predicted molar refractivity (Wildman–Crippen MR) is 92.1 cm³/mol. The van der Waals surface area contributed by atoms with E-state index in [1.807, 2.05) is 0 Å². The molecular formula is C17H24ClN3O2. The number of hydrogen-bond acceptors (Lipinski definition) is 4. The SMILES string of the molecule is COc1cc(N)c(Cl)cc1C(=O)NC(C)C12CCCN1CCC2. The summed E-state index contributed by atoms with van der Waals surface area (Å²) in [6.07, 6.45) is 4.70. The molecule has 0 radical (unpaired) electrons. The lowest BCUT2D eigenvalue weighted by Gasteiger charge is -2.38. The Morgan fingerprint density at radius 3 is 2.65 bits per heavy atom. The summed E-state index contributed by atoms with van der Waals surface area (Å²) in [5.41, 5.74) is 6.73. The summed E-state index contributed by atoms with van der Waals surface area (Å²) in [5, 5.41) is 3.53. The monoisotopic (exact) mass is 337 g/mol. The van der Waals surface area contributed by atoms with Crippen molar-refractivity contribution in [2.45, 2.75) is 44.2 Å². The second-order valence-electron chi connectivity index (χ2n) is 6.57. The lowest BCUT2D eigenvalue weighted by molar-refractivity contribution is 0.0856. The Hall–Kier alpha value is -1.46. The fourth-order valence-corrected chi connectivity index (χ4v) is 4.35. The van der Waals surface area contributed by atoms with E-state index in [4.69, 9.17) is 22.1 Å². The molecule has 2 fully saturated rings. The number of rotatable bonds is 4. The number of nitrogens with zero attached hydrogens (tertiary/aromatic N) is 1. The van der Waals surface area contributed by atoms with Gasteiger partial charge in [-0.3, -0.25) is 9.69 Å². The van der Waals surface area contributed by atoms with E-state index in [-0.39, 0.29) is 17.5 Å². The van der Waals surface area contributed by atoms with Crippen LogP contribution in [-0.4, -0.2) is 42.6 Å². The van der Waals surface area contributed by atoms with Crippen LogP contribution in [-0.2, 0) is 0 Å². The molecule has 126 valence electrons. The third kappa shape index (κ3) is 2.76. The first-order valence-electron chi connectivity index (χ1n) is 8.17. The summed E-state index contributed by atoms with van der Waals surface area (Å²) in [5.74, 6) is 0.285. The Balaban J connectivity index is 1.81. The number of halogens is 1. The largest absolute Gasteiger partial charge is 0.496 e. The molecule has 1 amide bonds. The average molecular weight is 338 g/mol. The fraction of sp³-hybridized carbons (Fsp3) is 0.588. The Bertz CT molecular complexity index is 610. The summed E-state index contributed by atoms with van der Waals surface area (Å²) in [6.45, 7) is 4.38. The highest BCUT2D eigenvalue weighted by Gasteiger charge is 2.48. The van der Waals surface area contributed by atoms with E-state index in [0.717, 1.165) is 25.9 Å². The molecular weight excluding hydrogens is 314 g/mol. The second-order valence-corrected chi connectivity index (χ2v) is 6.97. The number of ether oxygens (including phenoxy) is 1. The number of nitrogen functional groups attached to an aromatic ring is 1. The van der Waals surface area contributed by atoms with E-state index in [9.17, 15) is 4.79 Å². The van der Waals surface area contributed by atoms with Gasteiger partial charge in [0, 0.05) is 17.6 Å². The van der Waals surface area contributed by atoms with Gasteiger partial charge in [-0.15, -0.1) is 0 Å². The number of amides is 1. The third-order valence-corrected chi connectivity index (χ3v) is 5.75. The van der Waals surface area contributed by atoms with Gasteiger partial charge in [-0.05, 0) is 51.8 Å². The molecule has 2 heterocycles. The predicted octanol–water partition coefficient (Wildman–Crippen LogP) is 2.68. The van der Waals surface area contributed by atoms with Crippen LogP contribution in [0.2, 0.25) is 5.02 Å². The highest BCUT2D eigenvalue weighted by molar-refractivity contribution is 6.33. The highest BCUT2D eigenvalue weighted by Crippen LogP contribution is 2.41. The van der Waals surface area contributed by atoms with Crippen molar-refractivity contribution in [1.29, 1.82) is 0 Å². The minimum atomic E-state index is -0.163. The molecule has 6 heteroatoms. The van der Waals surface area contributed by atoms with E-state index in [0.29, 0.717) is 22.0 Å². The number of fused-ring (bicyclic) bond motifs is 1. The topological polar surface area (TPSA) is 67.6 Å². The molecule has 2 aliphatic heterocycles. The minimum Gasteiger partial charge on any atom is -0.496 e. The summed E-state index contributed by atoms with van der Waals surface area (Å²) >= 11 is 6.07. The lowest BCUT2D eigenvalue weighted by Crippen LogP contribution is -2.55. The molecule has 0 saturated carbocycles. The number of hydrogen-bond donors (Lipinski definition) is 2. The zero-order chi connectivity index (χ0) is 16.6. The van der Waals surface area contributed by atoms with Gasteiger partial charge < -0.3 is 15.8 Å². The second kappa shape index (κ2) is 6.21. The van der Waals surface area contributed by atoms with Crippen molar-refractivity contribution in [3.05, 3.63) is 22.7 Å². The van der Waals surface area contributed by atoms with Crippen LogP contribution in [0, 0.1) is 0 Å². The van der Waals surface area contributed by atoms with Gasteiger partial charge in [0.25, 0.3) is 5.91 Å². The van der Waals surface area contributed by atoms with Gasteiger partial charge in [-0.1, -0.05) is 11.6 Å². The van der Waals surface area contributed by atoms with Gasteiger partial charge in [-0.25, -0.2) is 0 Å². The van der Waals surface area contributed by atoms with Crippen LogP contribution in [0.1, 0.15) is 43.0 Å². The van der Waals surface area contributed by atoms with Crippen LogP contribution >= 0.6 is 11.6 Å². The Morgan fingerprint density at radius 2 is 2.04 bits per heavy atom. The van der Waals surface area contributed by atoms with Gasteiger partial charge in [0.05, 0.1) is 23.4 Å². The first-order chi connectivity index (χ1) is 11.0. The third-order valence-electron chi connectivity index (χ3n) is 5.42. The van der Waals surface area contributed by atoms with Crippen LogP contribution < -0.4 is 15.8 Å². The average Bonchev–Trinajstić information content (AvgIpc) is 3.09. The first-order valence-corrected chi connectivity index (χ1v) is 8.54. The van der Waals surface area contributed by atoms with Gasteiger partial charge in [-0.2, -0.15) is 0 Å². The first kappa shape index (κ1) is 16.4. The van der Waals surface area contributed by atoms with Crippen molar-refractivity contribution in [3.8, 4) is 5.75 Å². The van der Waals surface area contributed by atoms with Gasteiger partial charge in [0.15, 0.2) is 0 Å². The maximum atomic E-state index is 12.7. The van der Waals surface area contributed by atoms with E-state index >= 15 is 0 Å². The standard InChI is InChI=1S/C17H24ClN3O2/c1-11(17-5-3-7-21(17)8-4-6-17)20-16(22)12-9-13(18)14(19)10-15(12)23-2/h9-11H,3-8,19H2,1-2H3,(H,20,22). The molecule has 1 aromatic rings. The minimum absolute atomic E-state index is 0.0843. The molecule has 23 heavy (non-hydrogen) atoms. The lowest BCUT2D eigenvalue weighted by atomic mass is 9.86. The molecule has 3 rings (SSSR count). The molecule has 0 spiro atoms. The van der Waals surface area contributed by atoms with E-state index < -0.39 is 0 Å². The van der Waals surface area contributed by atoms with Crippen molar-refractivity contribution >= 4 is 23.2 Å². The van der Waals surface area contributed by atoms with Crippen LogP contribution in [0.5, 0.6) is 5.75 Å². The number of carbonyl (C=O) groups excluding carboxylic acids is 1. The summed E-state index contributed by atoms with van der Waals surface area (Å²) < 4.78 is 5.28. The molecule has 0 aromatic heterocycles. The molecule has 2 saturated heterocycles. The van der Waals surface area contributed by atoms with E-state index in [1.165, 1.54) is 20.0 Å². The number of benzene rings is 1. The highest BCUT2D eigenvalue weighted by atomic mass is 35.5. The number of anilines is 1. The quantitative estimate of drug-likeness (QED) is 0.829. The van der Waals surface area contributed by atoms with Crippen LogP contribution in [0.4, 0.5) is 5.69 Å². The number of nitrogens with two attached hydrogens (primary N) is 1. The molecule has 2 aliphatic rings. The summed E-state index contributed by atoms with van der Waals surface area (Å²) in [4.78, 5) is 15.3. The summed E-state index contributed by atoms with van der Waals surface area (Å²) in [7, 11) is 1.53. The van der Waals surface area contributed by atoms with Gasteiger partial charge >= 0.3 is 0 Å². The molecule has 1 unspecified atom stereocenters. The molecule has 5 nitrogen and oxygen atoms in total. The van der Waals surface area contributed by atoms with Gasteiger partial charge in [0.1, 0.15) is 5.75 Å². The van der Waals surface area contributed by atoms with Crippen molar-refractivity contribution in [2.75, 3.05) is 25.9 Å². The van der Waals surface area contributed by atoms with Gasteiger partial charge in [0.2, 0.25) is 0 Å². The van der Waals surface area contributed by atoms with Crippen molar-refractivity contribution in [2.24, 2.45) is 0 Å². The normalized spacial score (nSPS) is 21.0. The number of carbonyl (C=O) groups is 1. The molecule has 0 bridgehead atoms.